The van der Waals surface area contributed by atoms with Gasteiger partial charge in [-0.3, -0.25) is 9.89 Å². The molecule has 3 rings (SSSR count). The van der Waals surface area contributed by atoms with Gasteiger partial charge in [0.2, 0.25) is 0 Å². The predicted molar refractivity (Wildman–Crippen MR) is 72.2 cm³/mol. The molecule has 5 heteroatoms. The van der Waals surface area contributed by atoms with Gasteiger partial charge in [0.1, 0.15) is 5.75 Å². The van der Waals surface area contributed by atoms with E-state index in [0.29, 0.717) is 11.3 Å². The van der Waals surface area contributed by atoms with Gasteiger partial charge in [-0.25, -0.2) is 0 Å². The van der Waals surface area contributed by atoms with Gasteiger partial charge in [0.15, 0.2) is 0 Å². The monoisotopic (exact) mass is 253 g/mol. The molecule has 2 aromatic carbocycles. The summed E-state index contributed by atoms with van der Waals surface area (Å²) in [6, 6.07) is 11.6. The van der Waals surface area contributed by atoms with E-state index in [1.165, 1.54) is 12.1 Å². The minimum Gasteiger partial charge on any atom is -0.508 e. The number of aromatic amines is 1. The molecule has 0 saturated heterocycles. The Balaban J connectivity index is 1.84. The maximum Gasteiger partial charge on any atom is 0.255 e. The SMILES string of the molecule is O=C(Nc1ccc(O)cc1)c1ccc2[nH]ncc2c1. The molecule has 94 valence electrons. The third kappa shape index (κ3) is 2.26. The van der Waals surface area contributed by atoms with Gasteiger partial charge < -0.3 is 10.4 Å². The zero-order valence-electron chi connectivity index (χ0n) is 9.92. The van der Waals surface area contributed by atoms with Crippen LogP contribution in [0.1, 0.15) is 10.4 Å². The number of hydrogen-bond acceptors (Lipinski definition) is 3. The van der Waals surface area contributed by atoms with Crippen molar-refractivity contribution in [2.45, 2.75) is 0 Å². The molecule has 0 atom stereocenters. The first kappa shape index (κ1) is 11.3. The molecule has 0 aliphatic rings. The number of phenolic OH excluding ortho intramolecular Hbond substituents is 1. The van der Waals surface area contributed by atoms with Crippen LogP contribution in [0.25, 0.3) is 10.9 Å². The molecule has 19 heavy (non-hydrogen) atoms. The number of H-pyrrole nitrogens is 1. The Labute approximate surface area is 108 Å². The average molecular weight is 253 g/mol. The summed E-state index contributed by atoms with van der Waals surface area (Å²) >= 11 is 0. The van der Waals surface area contributed by atoms with Crippen LogP contribution in [0.2, 0.25) is 0 Å². The zero-order valence-corrected chi connectivity index (χ0v) is 9.92. The minimum absolute atomic E-state index is 0.165. The summed E-state index contributed by atoms with van der Waals surface area (Å²) in [5, 5.41) is 19.6. The van der Waals surface area contributed by atoms with E-state index >= 15 is 0 Å². The van der Waals surface area contributed by atoms with Crippen molar-refractivity contribution in [3.8, 4) is 5.75 Å². The van der Waals surface area contributed by atoms with Crippen molar-refractivity contribution in [3.05, 3.63) is 54.2 Å². The number of phenols is 1. The Morgan fingerprint density at radius 3 is 2.74 bits per heavy atom. The number of nitrogens with one attached hydrogen (secondary N) is 2. The van der Waals surface area contributed by atoms with Gasteiger partial charge in [-0.15, -0.1) is 0 Å². The average Bonchev–Trinajstić information content (AvgIpc) is 2.88. The number of carbonyl (C=O) groups is 1. The minimum atomic E-state index is -0.200. The van der Waals surface area contributed by atoms with Crippen LogP contribution in [0.15, 0.2) is 48.7 Å². The van der Waals surface area contributed by atoms with Crippen LogP contribution < -0.4 is 5.32 Å². The summed E-state index contributed by atoms with van der Waals surface area (Å²) < 4.78 is 0. The summed E-state index contributed by atoms with van der Waals surface area (Å²) in [6.07, 6.45) is 1.67. The van der Waals surface area contributed by atoms with Crippen molar-refractivity contribution in [2.24, 2.45) is 0 Å². The van der Waals surface area contributed by atoms with Gasteiger partial charge in [-0.05, 0) is 42.5 Å². The molecular formula is C14H11N3O2. The third-order valence-corrected chi connectivity index (χ3v) is 2.83. The number of fused-ring (bicyclic) bond motifs is 1. The lowest BCUT2D eigenvalue weighted by molar-refractivity contribution is 0.102. The number of rotatable bonds is 2. The van der Waals surface area contributed by atoms with Gasteiger partial charge in [0.25, 0.3) is 5.91 Å². The lowest BCUT2D eigenvalue weighted by Gasteiger charge is -2.05. The van der Waals surface area contributed by atoms with E-state index in [2.05, 4.69) is 15.5 Å². The highest BCUT2D eigenvalue weighted by Gasteiger charge is 2.07. The lowest BCUT2D eigenvalue weighted by atomic mass is 10.1. The van der Waals surface area contributed by atoms with Crippen LogP contribution in [0.3, 0.4) is 0 Å². The molecule has 5 nitrogen and oxygen atoms in total. The van der Waals surface area contributed by atoms with E-state index in [4.69, 9.17) is 0 Å². The number of carbonyl (C=O) groups excluding carboxylic acids is 1. The van der Waals surface area contributed by atoms with Crippen LogP contribution in [0.5, 0.6) is 5.75 Å². The Hall–Kier alpha value is -2.82. The second-order valence-corrected chi connectivity index (χ2v) is 4.17. The molecule has 0 spiro atoms. The van der Waals surface area contributed by atoms with E-state index in [1.54, 1.807) is 30.5 Å². The molecule has 1 heterocycles. The first-order valence-electron chi connectivity index (χ1n) is 5.76. The quantitative estimate of drug-likeness (QED) is 0.614. The van der Waals surface area contributed by atoms with E-state index in [0.717, 1.165) is 10.9 Å². The van der Waals surface area contributed by atoms with Gasteiger partial charge >= 0.3 is 0 Å². The van der Waals surface area contributed by atoms with E-state index < -0.39 is 0 Å². The van der Waals surface area contributed by atoms with Gasteiger partial charge in [0.05, 0.1) is 11.7 Å². The Kier molecular flexibility index (Phi) is 2.64. The van der Waals surface area contributed by atoms with Gasteiger partial charge in [0, 0.05) is 16.6 Å². The van der Waals surface area contributed by atoms with Crippen LogP contribution in [0.4, 0.5) is 5.69 Å². The number of aromatic nitrogens is 2. The molecule has 0 radical (unpaired) electrons. The molecule has 1 amide bonds. The van der Waals surface area contributed by atoms with Crippen LogP contribution >= 0.6 is 0 Å². The Morgan fingerprint density at radius 2 is 1.95 bits per heavy atom. The number of anilines is 1. The summed E-state index contributed by atoms with van der Waals surface area (Å²) in [5.41, 5.74) is 2.08. The maximum absolute atomic E-state index is 12.1. The number of aromatic hydroxyl groups is 1. The van der Waals surface area contributed by atoms with Crippen molar-refractivity contribution in [2.75, 3.05) is 5.32 Å². The van der Waals surface area contributed by atoms with E-state index in [9.17, 15) is 9.90 Å². The van der Waals surface area contributed by atoms with Crippen molar-refractivity contribution < 1.29 is 9.90 Å². The summed E-state index contributed by atoms with van der Waals surface area (Å²) in [4.78, 5) is 12.1. The Bertz CT molecular complexity index is 732. The van der Waals surface area contributed by atoms with Crippen LogP contribution in [-0.4, -0.2) is 21.2 Å². The first-order valence-corrected chi connectivity index (χ1v) is 5.76. The molecular weight excluding hydrogens is 242 g/mol. The predicted octanol–water partition coefficient (Wildman–Crippen LogP) is 2.52. The maximum atomic E-state index is 12.1. The van der Waals surface area contributed by atoms with Crippen LogP contribution in [0, 0.1) is 0 Å². The highest BCUT2D eigenvalue weighted by Crippen LogP contribution is 2.17. The first-order chi connectivity index (χ1) is 9.22. The zero-order chi connectivity index (χ0) is 13.2. The van der Waals surface area contributed by atoms with Crippen molar-refractivity contribution in [1.82, 2.24) is 10.2 Å². The van der Waals surface area contributed by atoms with Gasteiger partial charge in [-0.1, -0.05) is 0 Å². The summed E-state index contributed by atoms with van der Waals surface area (Å²) in [6.45, 7) is 0. The smallest absolute Gasteiger partial charge is 0.255 e. The molecule has 3 aromatic rings. The second-order valence-electron chi connectivity index (χ2n) is 4.17. The molecule has 1 aromatic heterocycles. The number of nitrogens with zero attached hydrogens (tertiary/aromatic N) is 1. The van der Waals surface area contributed by atoms with Crippen LogP contribution in [-0.2, 0) is 0 Å². The number of benzene rings is 2. The van der Waals surface area contributed by atoms with Gasteiger partial charge in [-0.2, -0.15) is 5.10 Å². The third-order valence-electron chi connectivity index (χ3n) is 2.83. The topological polar surface area (TPSA) is 78.0 Å². The fraction of sp³-hybridized carbons (Fsp3) is 0. The van der Waals surface area contributed by atoms with Crippen molar-refractivity contribution in [1.29, 1.82) is 0 Å². The summed E-state index contributed by atoms with van der Waals surface area (Å²) in [5.74, 6) is -0.0356. The molecule has 0 aliphatic heterocycles. The number of amides is 1. The van der Waals surface area contributed by atoms with Crippen molar-refractivity contribution >= 4 is 22.5 Å². The Morgan fingerprint density at radius 1 is 1.16 bits per heavy atom. The molecule has 0 unspecified atom stereocenters. The van der Waals surface area contributed by atoms with E-state index in [1.807, 2.05) is 6.07 Å². The fourth-order valence-corrected chi connectivity index (χ4v) is 1.83. The molecule has 3 N–H and O–H groups in total. The lowest BCUT2D eigenvalue weighted by Crippen LogP contribution is -2.11. The highest BCUT2D eigenvalue weighted by molar-refractivity contribution is 6.06. The molecule has 0 saturated carbocycles. The fourth-order valence-electron chi connectivity index (χ4n) is 1.83. The number of hydrogen-bond donors (Lipinski definition) is 3. The largest absolute Gasteiger partial charge is 0.508 e. The molecule has 0 fully saturated rings. The molecule has 0 aliphatic carbocycles. The normalized spacial score (nSPS) is 10.5. The molecule has 0 bridgehead atoms. The highest BCUT2D eigenvalue weighted by atomic mass is 16.3. The summed E-state index contributed by atoms with van der Waals surface area (Å²) in [7, 11) is 0. The standard InChI is InChI=1S/C14H11N3O2/c18-12-4-2-11(3-5-12)16-14(19)9-1-6-13-10(7-9)8-15-17-13/h1-8,18H,(H,15,17)(H,16,19). The van der Waals surface area contributed by atoms with Crippen molar-refractivity contribution in [3.63, 3.8) is 0 Å². The second kappa shape index (κ2) is 4.45. The van der Waals surface area contributed by atoms with E-state index in [-0.39, 0.29) is 11.7 Å².